The minimum Gasteiger partial charge on any atom is -0.508 e. The van der Waals surface area contributed by atoms with Gasteiger partial charge in [-0.25, -0.2) is 0 Å². The van der Waals surface area contributed by atoms with E-state index in [1.807, 2.05) is 30.3 Å². The molecule has 5 rings (SSSR count). The van der Waals surface area contributed by atoms with Crippen molar-refractivity contribution in [1.82, 2.24) is 0 Å². The van der Waals surface area contributed by atoms with E-state index in [2.05, 4.69) is 18.1 Å². The van der Waals surface area contributed by atoms with E-state index >= 15 is 0 Å². The minimum absolute atomic E-state index is 0.143. The highest BCUT2D eigenvalue weighted by atomic mass is 16.5. The van der Waals surface area contributed by atoms with E-state index in [9.17, 15) is 5.11 Å². The second-order valence-corrected chi connectivity index (χ2v) is 9.70. The topological polar surface area (TPSA) is 63.4 Å². The van der Waals surface area contributed by atoms with Gasteiger partial charge in [-0.15, -0.1) is 0 Å². The molecule has 3 aliphatic rings. The number of fused-ring (bicyclic) bond motifs is 5. The van der Waals surface area contributed by atoms with Gasteiger partial charge in [0.1, 0.15) is 5.75 Å². The molecule has 32 heavy (non-hydrogen) atoms. The Labute approximate surface area is 190 Å². The van der Waals surface area contributed by atoms with Gasteiger partial charge < -0.3 is 14.6 Å². The fraction of sp³-hybridized carbons (Fsp3) is 0.481. The molecule has 5 heteroatoms. The number of methoxy groups -OCH3 is 2. The Morgan fingerprint density at radius 3 is 2.66 bits per heavy atom. The zero-order valence-electron chi connectivity index (χ0n) is 19.2. The number of benzene rings is 2. The Morgan fingerprint density at radius 2 is 1.84 bits per heavy atom. The van der Waals surface area contributed by atoms with E-state index in [0.717, 1.165) is 24.8 Å². The van der Waals surface area contributed by atoms with Gasteiger partial charge in [-0.1, -0.05) is 13.0 Å². The highest BCUT2D eigenvalue weighted by Gasteiger charge is 2.53. The second-order valence-electron chi connectivity index (χ2n) is 9.70. The third-order valence-electron chi connectivity index (χ3n) is 8.24. The normalized spacial score (nSPS) is 30.1. The monoisotopic (exact) mass is 432 g/mol. The molecule has 3 aliphatic carbocycles. The molecule has 4 atom stereocenters. The number of nitrogens with zero attached hydrogens (tertiary/aromatic N) is 2. The molecule has 5 nitrogen and oxygen atoms in total. The van der Waals surface area contributed by atoms with Crippen LogP contribution in [0.1, 0.15) is 61.6 Å². The summed E-state index contributed by atoms with van der Waals surface area (Å²) in [5.74, 6) is 3.79. The zero-order valence-corrected chi connectivity index (χ0v) is 19.2. The number of phenolic OH excluding ortho intramolecular Hbond substituents is 1. The quantitative estimate of drug-likeness (QED) is 0.495. The van der Waals surface area contributed by atoms with Crippen molar-refractivity contribution in [3.8, 4) is 17.2 Å². The summed E-state index contributed by atoms with van der Waals surface area (Å²) in [7, 11) is 3.28. The molecule has 0 aliphatic heterocycles. The predicted molar refractivity (Wildman–Crippen MR) is 127 cm³/mol. The van der Waals surface area contributed by atoms with Crippen LogP contribution in [0.25, 0.3) is 0 Å². The minimum atomic E-state index is 0.143. The SMILES string of the molecule is COc1ccc(C=NN=C2CCC3C4CCc5cc(O)ccc5C4CCC23C)cc1OC. The number of phenols is 1. The molecule has 2 aromatic rings. The van der Waals surface area contributed by atoms with Crippen LogP contribution in [-0.2, 0) is 6.42 Å². The van der Waals surface area contributed by atoms with E-state index in [1.54, 1.807) is 20.4 Å². The molecule has 168 valence electrons. The molecule has 0 saturated heterocycles. The van der Waals surface area contributed by atoms with E-state index in [4.69, 9.17) is 14.6 Å². The van der Waals surface area contributed by atoms with Gasteiger partial charge in [0.05, 0.1) is 20.4 Å². The van der Waals surface area contributed by atoms with Crippen molar-refractivity contribution >= 4 is 11.9 Å². The van der Waals surface area contributed by atoms with Crippen molar-refractivity contribution in [3.63, 3.8) is 0 Å². The molecule has 0 heterocycles. The Balaban J connectivity index is 1.35. The fourth-order valence-corrected chi connectivity index (χ4v) is 6.62. The van der Waals surface area contributed by atoms with Crippen LogP contribution in [0.5, 0.6) is 17.2 Å². The first-order chi connectivity index (χ1) is 15.5. The van der Waals surface area contributed by atoms with Crippen molar-refractivity contribution in [3.05, 3.63) is 53.1 Å². The van der Waals surface area contributed by atoms with Gasteiger partial charge in [0.2, 0.25) is 0 Å². The van der Waals surface area contributed by atoms with Crippen molar-refractivity contribution in [2.75, 3.05) is 14.2 Å². The standard InChI is InChI=1S/C27H32N2O3/c1-27-13-12-21-20-8-6-19(30)15-18(20)5-7-22(21)23(27)9-11-26(27)29-28-16-17-4-10-24(31-2)25(14-17)32-3/h4,6,8,10,14-16,21-23,30H,5,7,9,11-13H2,1-3H3. The maximum Gasteiger partial charge on any atom is 0.161 e. The lowest BCUT2D eigenvalue weighted by molar-refractivity contribution is 0.0955. The smallest absolute Gasteiger partial charge is 0.161 e. The molecule has 2 fully saturated rings. The Bertz CT molecular complexity index is 1080. The number of ether oxygens (including phenoxy) is 2. The third-order valence-corrected chi connectivity index (χ3v) is 8.24. The molecular formula is C27H32N2O3. The summed E-state index contributed by atoms with van der Waals surface area (Å²) in [4.78, 5) is 0. The largest absolute Gasteiger partial charge is 0.508 e. The molecule has 4 unspecified atom stereocenters. The number of aryl methyl sites for hydroxylation is 1. The van der Waals surface area contributed by atoms with Gasteiger partial charge in [-0.3, -0.25) is 0 Å². The first kappa shape index (κ1) is 21.0. The van der Waals surface area contributed by atoms with Crippen LogP contribution in [0.15, 0.2) is 46.6 Å². The molecule has 0 spiro atoms. The van der Waals surface area contributed by atoms with Gasteiger partial charge in [0.25, 0.3) is 0 Å². The lowest BCUT2D eigenvalue weighted by Crippen LogP contribution is -2.42. The first-order valence-electron chi connectivity index (χ1n) is 11.7. The molecule has 0 bridgehead atoms. The first-order valence-corrected chi connectivity index (χ1v) is 11.7. The van der Waals surface area contributed by atoms with Crippen molar-refractivity contribution in [2.45, 2.75) is 51.4 Å². The van der Waals surface area contributed by atoms with Crippen LogP contribution >= 0.6 is 0 Å². The highest BCUT2D eigenvalue weighted by Crippen LogP contribution is 2.60. The van der Waals surface area contributed by atoms with E-state index in [-0.39, 0.29) is 5.41 Å². The van der Waals surface area contributed by atoms with Crippen LogP contribution in [0, 0.1) is 17.3 Å². The van der Waals surface area contributed by atoms with Gasteiger partial charge in [-0.2, -0.15) is 10.2 Å². The van der Waals surface area contributed by atoms with Crippen molar-refractivity contribution in [2.24, 2.45) is 27.5 Å². The van der Waals surface area contributed by atoms with Crippen LogP contribution in [0.3, 0.4) is 0 Å². The molecule has 0 amide bonds. The van der Waals surface area contributed by atoms with E-state index < -0.39 is 0 Å². The second kappa shape index (κ2) is 8.27. The fourth-order valence-electron chi connectivity index (χ4n) is 6.62. The van der Waals surface area contributed by atoms with E-state index in [0.29, 0.717) is 35.0 Å². The summed E-state index contributed by atoms with van der Waals surface area (Å²) in [6, 6.07) is 11.8. The number of rotatable bonds is 4. The van der Waals surface area contributed by atoms with Crippen molar-refractivity contribution in [1.29, 1.82) is 0 Å². The summed E-state index contributed by atoms with van der Waals surface area (Å²) in [6.07, 6.45) is 8.68. The maximum atomic E-state index is 9.89. The van der Waals surface area contributed by atoms with Crippen LogP contribution in [-0.4, -0.2) is 31.3 Å². The van der Waals surface area contributed by atoms with Crippen LogP contribution < -0.4 is 9.47 Å². The number of hydrogen-bond acceptors (Lipinski definition) is 5. The highest BCUT2D eigenvalue weighted by molar-refractivity contribution is 5.93. The van der Waals surface area contributed by atoms with Gasteiger partial charge >= 0.3 is 0 Å². The van der Waals surface area contributed by atoms with Crippen LogP contribution in [0.4, 0.5) is 0 Å². The van der Waals surface area contributed by atoms with Crippen molar-refractivity contribution < 1.29 is 14.6 Å². The number of hydrogen-bond donors (Lipinski definition) is 1. The summed E-state index contributed by atoms with van der Waals surface area (Å²) in [5, 5.41) is 19.1. The molecule has 2 saturated carbocycles. The average molecular weight is 433 g/mol. The van der Waals surface area contributed by atoms with Gasteiger partial charge in [0.15, 0.2) is 11.5 Å². The summed E-state index contributed by atoms with van der Waals surface area (Å²) < 4.78 is 10.7. The molecule has 0 radical (unpaired) electrons. The van der Waals surface area contributed by atoms with Crippen LogP contribution in [0.2, 0.25) is 0 Å². The Morgan fingerprint density at radius 1 is 1.00 bits per heavy atom. The lowest BCUT2D eigenvalue weighted by Gasteiger charge is -2.49. The molecule has 1 N–H and O–H groups in total. The third kappa shape index (κ3) is 3.48. The lowest BCUT2D eigenvalue weighted by atomic mass is 9.55. The molecule has 2 aromatic carbocycles. The predicted octanol–water partition coefficient (Wildman–Crippen LogP) is 5.74. The summed E-state index contributed by atoms with van der Waals surface area (Å²) >= 11 is 0. The summed E-state index contributed by atoms with van der Waals surface area (Å²) in [6.45, 7) is 2.41. The zero-order chi connectivity index (χ0) is 22.3. The molecular weight excluding hydrogens is 400 g/mol. The molecule has 0 aromatic heterocycles. The van der Waals surface area contributed by atoms with E-state index in [1.165, 1.54) is 36.1 Å². The Hall–Kier alpha value is -2.82. The number of aromatic hydroxyl groups is 1. The Kier molecular flexibility index (Phi) is 5.44. The maximum absolute atomic E-state index is 9.89. The average Bonchev–Trinajstić information content (AvgIpc) is 3.15. The van der Waals surface area contributed by atoms with Gasteiger partial charge in [-0.05, 0) is 103 Å². The summed E-state index contributed by atoms with van der Waals surface area (Å²) in [5.41, 5.74) is 5.17. The van der Waals surface area contributed by atoms with Gasteiger partial charge in [0, 0.05) is 11.1 Å².